The topological polar surface area (TPSA) is 42.1 Å². The van der Waals surface area contributed by atoms with Crippen LogP contribution in [-0.2, 0) is 0 Å². The Hall–Kier alpha value is -2.26. The minimum Gasteiger partial charge on any atom is -0.496 e. The summed E-state index contributed by atoms with van der Waals surface area (Å²) in [4.78, 5) is 14.9. The molecule has 0 aliphatic heterocycles. The fourth-order valence-corrected chi connectivity index (χ4v) is 2.71. The SMILES string of the molecule is COc1ccc(C)cc1-c1[nH]c2ccc(Cl)cc2c1C=O. The van der Waals surface area contributed by atoms with Crippen molar-refractivity contribution in [2.75, 3.05) is 7.11 Å². The highest BCUT2D eigenvalue weighted by Crippen LogP contribution is 2.36. The number of aromatic amines is 1. The molecule has 0 atom stereocenters. The number of fused-ring (bicyclic) bond motifs is 1. The van der Waals surface area contributed by atoms with Crippen molar-refractivity contribution in [1.82, 2.24) is 4.98 Å². The summed E-state index contributed by atoms with van der Waals surface area (Å²) in [7, 11) is 1.62. The molecule has 0 saturated carbocycles. The molecule has 0 spiro atoms. The minimum absolute atomic E-state index is 0.594. The lowest BCUT2D eigenvalue weighted by atomic mass is 10.0. The molecule has 0 unspecified atom stereocenters. The van der Waals surface area contributed by atoms with Gasteiger partial charge in [-0.3, -0.25) is 4.79 Å². The summed E-state index contributed by atoms with van der Waals surface area (Å²) in [5, 5.41) is 1.42. The molecule has 0 radical (unpaired) electrons. The van der Waals surface area contributed by atoms with Gasteiger partial charge in [-0.1, -0.05) is 23.2 Å². The van der Waals surface area contributed by atoms with E-state index in [1.807, 2.05) is 31.2 Å². The third-order valence-electron chi connectivity index (χ3n) is 3.54. The summed E-state index contributed by atoms with van der Waals surface area (Å²) in [6.45, 7) is 2.00. The predicted octanol–water partition coefficient (Wildman–Crippen LogP) is 4.62. The van der Waals surface area contributed by atoms with Crippen molar-refractivity contribution in [3.05, 3.63) is 52.5 Å². The third-order valence-corrected chi connectivity index (χ3v) is 3.78. The van der Waals surface area contributed by atoms with Crippen LogP contribution in [-0.4, -0.2) is 18.4 Å². The molecule has 3 rings (SSSR count). The van der Waals surface area contributed by atoms with E-state index < -0.39 is 0 Å². The van der Waals surface area contributed by atoms with Gasteiger partial charge in [0.2, 0.25) is 0 Å². The van der Waals surface area contributed by atoms with Crippen molar-refractivity contribution >= 4 is 28.8 Å². The van der Waals surface area contributed by atoms with Crippen molar-refractivity contribution in [2.24, 2.45) is 0 Å². The number of methoxy groups -OCH3 is 1. The lowest BCUT2D eigenvalue weighted by Gasteiger charge is -2.08. The van der Waals surface area contributed by atoms with Gasteiger partial charge in [-0.2, -0.15) is 0 Å². The van der Waals surface area contributed by atoms with Gasteiger partial charge in [0.15, 0.2) is 6.29 Å². The van der Waals surface area contributed by atoms with Crippen LogP contribution in [0.3, 0.4) is 0 Å². The second kappa shape index (κ2) is 5.26. The average Bonchev–Trinajstić information content (AvgIpc) is 2.84. The summed E-state index contributed by atoms with van der Waals surface area (Å²) in [6, 6.07) is 11.3. The predicted molar refractivity (Wildman–Crippen MR) is 85.4 cm³/mol. The van der Waals surface area contributed by atoms with Crippen LogP contribution in [0.4, 0.5) is 0 Å². The highest BCUT2D eigenvalue weighted by atomic mass is 35.5. The number of hydrogen-bond donors (Lipinski definition) is 1. The van der Waals surface area contributed by atoms with E-state index in [1.165, 1.54) is 0 Å². The van der Waals surface area contributed by atoms with Gasteiger partial charge in [0.25, 0.3) is 0 Å². The quantitative estimate of drug-likeness (QED) is 0.717. The van der Waals surface area contributed by atoms with Crippen molar-refractivity contribution < 1.29 is 9.53 Å². The standard InChI is InChI=1S/C17H14ClNO2/c1-10-3-6-16(21-2)13(7-10)17-14(9-20)12-8-11(18)4-5-15(12)19-17/h3-9,19H,1-2H3. The number of aryl methyl sites for hydroxylation is 1. The largest absolute Gasteiger partial charge is 0.496 e. The molecular formula is C17H14ClNO2. The molecule has 0 bridgehead atoms. The van der Waals surface area contributed by atoms with Crippen LogP contribution in [0.5, 0.6) is 5.75 Å². The first kappa shape index (κ1) is 13.7. The maximum Gasteiger partial charge on any atom is 0.152 e. The number of halogens is 1. The Bertz CT molecular complexity index is 836. The highest BCUT2D eigenvalue weighted by molar-refractivity contribution is 6.31. The minimum atomic E-state index is 0.594. The Morgan fingerprint density at radius 2 is 2.00 bits per heavy atom. The highest BCUT2D eigenvalue weighted by Gasteiger charge is 2.16. The van der Waals surface area contributed by atoms with E-state index in [-0.39, 0.29) is 0 Å². The summed E-state index contributed by atoms with van der Waals surface area (Å²) in [5.41, 5.74) is 4.19. The van der Waals surface area contributed by atoms with Crippen molar-refractivity contribution in [3.63, 3.8) is 0 Å². The molecule has 3 aromatic rings. The lowest BCUT2D eigenvalue weighted by molar-refractivity contribution is 0.112. The molecule has 0 amide bonds. The van der Waals surface area contributed by atoms with Gasteiger partial charge in [-0.25, -0.2) is 0 Å². The summed E-state index contributed by atoms with van der Waals surface area (Å²) < 4.78 is 5.41. The molecule has 0 aliphatic rings. The first-order valence-electron chi connectivity index (χ1n) is 6.55. The number of aromatic nitrogens is 1. The lowest BCUT2D eigenvalue weighted by Crippen LogP contribution is -1.91. The third kappa shape index (κ3) is 2.30. The normalized spacial score (nSPS) is 10.8. The molecule has 106 valence electrons. The van der Waals surface area contributed by atoms with E-state index in [0.29, 0.717) is 10.6 Å². The van der Waals surface area contributed by atoms with Gasteiger partial charge < -0.3 is 9.72 Å². The van der Waals surface area contributed by atoms with Gasteiger partial charge in [0, 0.05) is 27.1 Å². The van der Waals surface area contributed by atoms with Gasteiger partial charge >= 0.3 is 0 Å². The van der Waals surface area contributed by atoms with Crippen LogP contribution in [0.15, 0.2) is 36.4 Å². The van der Waals surface area contributed by atoms with E-state index in [0.717, 1.165) is 39.8 Å². The molecular weight excluding hydrogens is 286 g/mol. The van der Waals surface area contributed by atoms with E-state index in [2.05, 4.69) is 4.98 Å². The molecule has 0 fully saturated rings. The van der Waals surface area contributed by atoms with E-state index >= 15 is 0 Å². The van der Waals surface area contributed by atoms with Crippen LogP contribution in [0.25, 0.3) is 22.2 Å². The molecule has 1 aromatic heterocycles. The van der Waals surface area contributed by atoms with Crippen molar-refractivity contribution in [3.8, 4) is 17.0 Å². The number of nitrogens with one attached hydrogen (secondary N) is 1. The van der Waals surface area contributed by atoms with Gasteiger partial charge in [0.05, 0.1) is 12.8 Å². The number of hydrogen-bond acceptors (Lipinski definition) is 2. The Morgan fingerprint density at radius 3 is 2.71 bits per heavy atom. The smallest absolute Gasteiger partial charge is 0.152 e. The van der Waals surface area contributed by atoms with Crippen molar-refractivity contribution in [1.29, 1.82) is 0 Å². The molecule has 0 saturated heterocycles. The Morgan fingerprint density at radius 1 is 1.19 bits per heavy atom. The van der Waals surface area contributed by atoms with Crippen LogP contribution in [0.1, 0.15) is 15.9 Å². The maximum atomic E-state index is 11.6. The number of aldehydes is 1. The number of ether oxygens (including phenoxy) is 1. The number of carbonyl (C=O) groups excluding carboxylic acids is 1. The Kier molecular flexibility index (Phi) is 3.43. The first-order valence-corrected chi connectivity index (χ1v) is 6.93. The van der Waals surface area contributed by atoms with Crippen LogP contribution < -0.4 is 4.74 Å². The van der Waals surface area contributed by atoms with E-state index in [4.69, 9.17) is 16.3 Å². The number of H-pyrrole nitrogens is 1. The van der Waals surface area contributed by atoms with E-state index in [9.17, 15) is 4.79 Å². The zero-order chi connectivity index (χ0) is 15.0. The fourth-order valence-electron chi connectivity index (χ4n) is 2.54. The molecule has 3 nitrogen and oxygen atoms in total. The van der Waals surface area contributed by atoms with E-state index in [1.54, 1.807) is 19.2 Å². The maximum absolute atomic E-state index is 11.6. The zero-order valence-corrected chi connectivity index (χ0v) is 12.5. The van der Waals surface area contributed by atoms with Crippen molar-refractivity contribution in [2.45, 2.75) is 6.92 Å². The second-order valence-corrected chi connectivity index (χ2v) is 5.36. The number of carbonyl (C=O) groups is 1. The van der Waals surface area contributed by atoms with Crippen LogP contribution in [0, 0.1) is 6.92 Å². The molecule has 0 aliphatic carbocycles. The summed E-state index contributed by atoms with van der Waals surface area (Å²) in [5.74, 6) is 0.723. The van der Waals surface area contributed by atoms with Gasteiger partial charge in [-0.15, -0.1) is 0 Å². The van der Waals surface area contributed by atoms with Crippen LogP contribution >= 0.6 is 11.6 Å². The monoisotopic (exact) mass is 299 g/mol. The summed E-state index contributed by atoms with van der Waals surface area (Å²) >= 11 is 6.03. The fraction of sp³-hybridized carbons (Fsp3) is 0.118. The molecule has 2 aromatic carbocycles. The molecule has 4 heteroatoms. The Labute approximate surface area is 127 Å². The Balaban J connectivity index is 2.35. The van der Waals surface area contributed by atoms with Gasteiger partial charge in [0.1, 0.15) is 5.75 Å². The zero-order valence-electron chi connectivity index (χ0n) is 11.7. The molecule has 1 heterocycles. The van der Waals surface area contributed by atoms with Gasteiger partial charge in [-0.05, 0) is 37.3 Å². The van der Waals surface area contributed by atoms with Crippen LogP contribution in [0.2, 0.25) is 5.02 Å². The molecule has 1 N–H and O–H groups in total. The number of rotatable bonds is 3. The summed E-state index contributed by atoms with van der Waals surface area (Å²) in [6.07, 6.45) is 0.853. The average molecular weight is 300 g/mol. The molecule has 21 heavy (non-hydrogen) atoms. The number of benzene rings is 2. The first-order chi connectivity index (χ1) is 10.1. The second-order valence-electron chi connectivity index (χ2n) is 4.93.